The summed E-state index contributed by atoms with van der Waals surface area (Å²) in [5.74, 6) is 3.51. The van der Waals surface area contributed by atoms with Gasteiger partial charge in [0.15, 0.2) is 0 Å². The van der Waals surface area contributed by atoms with E-state index in [0.717, 1.165) is 78.3 Å². The molecular weight excluding hydrogens is 921 g/mol. The second kappa shape index (κ2) is 15.4. The molecule has 0 aromatic heterocycles. The Bertz CT molecular complexity index is 4320. The monoisotopic (exact) mass is 964 g/mol. The Kier molecular flexibility index (Phi) is 8.44. The molecule has 76 heavy (non-hydrogen) atoms. The van der Waals surface area contributed by atoms with E-state index in [4.69, 9.17) is 9.47 Å². The number of rotatable bonds is 3. The van der Waals surface area contributed by atoms with Gasteiger partial charge in [0.25, 0.3) is 0 Å². The Morgan fingerprint density at radius 1 is 0.211 bits per heavy atom. The van der Waals surface area contributed by atoms with E-state index in [1.807, 2.05) is 0 Å². The van der Waals surface area contributed by atoms with Crippen molar-refractivity contribution in [1.82, 2.24) is 0 Å². The van der Waals surface area contributed by atoms with Gasteiger partial charge in [0.1, 0.15) is 23.0 Å². The lowest BCUT2D eigenvalue weighted by atomic mass is 9.65. The van der Waals surface area contributed by atoms with Crippen LogP contribution < -0.4 is 9.47 Å². The van der Waals surface area contributed by atoms with E-state index in [2.05, 4.69) is 267 Å². The Balaban J connectivity index is 0.970. The van der Waals surface area contributed by atoms with Crippen LogP contribution in [0.1, 0.15) is 44.5 Å². The summed E-state index contributed by atoms with van der Waals surface area (Å²) >= 11 is 0. The highest BCUT2D eigenvalue weighted by Crippen LogP contribution is 2.65. The standard InChI is InChI=1S/C74H44O2/c1-2-22-46-45(20-1)21-15-29-53(46)70-54-30-16-27-47(56-32-18-40-66-71(56)75-68-42-13-11-38-64(68)73(66)60-34-7-3-23-49(60)50-24-4-8-35-61(50)73)58(54)44-59-48(28-17-31-55(59)70)57-33-19-41-67-72(57)76-69-43-14-12-39-65(69)74(67)62-36-9-5-25-51(62)52-26-6-10-37-63(52)74/h1-44H. The maximum Gasteiger partial charge on any atom is 0.140 e. The van der Waals surface area contributed by atoms with Crippen molar-refractivity contribution in [3.8, 4) is 78.6 Å². The van der Waals surface area contributed by atoms with Crippen molar-refractivity contribution in [2.75, 3.05) is 0 Å². The van der Waals surface area contributed by atoms with Crippen LogP contribution in [0.2, 0.25) is 0 Å². The minimum absolute atomic E-state index is 0.589. The van der Waals surface area contributed by atoms with Crippen molar-refractivity contribution < 1.29 is 9.47 Å². The first kappa shape index (κ1) is 41.7. The average molecular weight is 965 g/mol. The van der Waals surface area contributed by atoms with Gasteiger partial charge < -0.3 is 9.47 Å². The highest BCUT2D eigenvalue weighted by atomic mass is 16.5. The molecule has 0 atom stereocenters. The number of ether oxygens (including phenoxy) is 2. The Labute approximate surface area is 440 Å². The lowest BCUT2D eigenvalue weighted by Gasteiger charge is -2.40. The van der Waals surface area contributed by atoms with Crippen molar-refractivity contribution in [3.63, 3.8) is 0 Å². The van der Waals surface area contributed by atoms with Crippen LogP contribution in [0.3, 0.4) is 0 Å². The van der Waals surface area contributed by atoms with Gasteiger partial charge in [-0.05, 0) is 117 Å². The molecule has 2 spiro atoms. The number of para-hydroxylation sites is 4. The van der Waals surface area contributed by atoms with Crippen LogP contribution in [0.5, 0.6) is 23.0 Å². The number of fused-ring (bicyclic) bond motifs is 21. The SMILES string of the molecule is c1ccc2c(c1)Oc1c(-c3cccc4c(-c5cccc6ccccc56)c5cccc(-c6cccc7c6Oc6ccccc6C76c7ccccc7-c7ccccc76)c5cc34)cccc1C21c2ccccc2-c2ccccc21. The molecule has 352 valence electrons. The quantitative estimate of drug-likeness (QED) is 0.164. The zero-order valence-corrected chi connectivity index (χ0v) is 41.2. The molecule has 2 heterocycles. The Morgan fingerprint density at radius 3 is 1.01 bits per heavy atom. The van der Waals surface area contributed by atoms with Crippen molar-refractivity contribution >= 4 is 32.3 Å². The van der Waals surface area contributed by atoms with E-state index < -0.39 is 10.8 Å². The molecular formula is C74H44O2. The molecule has 0 saturated carbocycles. The topological polar surface area (TPSA) is 18.5 Å². The Hall–Kier alpha value is -9.76. The first-order valence-electron chi connectivity index (χ1n) is 26.4. The predicted octanol–water partition coefficient (Wildman–Crippen LogP) is 19.1. The van der Waals surface area contributed by atoms with Gasteiger partial charge in [0.2, 0.25) is 0 Å². The van der Waals surface area contributed by atoms with Crippen molar-refractivity contribution in [2.24, 2.45) is 0 Å². The van der Waals surface area contributed by atoms with Crippen molar-refractivity contribution in [3.05, 3.63) is 311 Å². The molecule has 2 heteroatoms. The third-order valence-electron chi connectivity index (χ3n) is 17.4. The van der Waals surface area contributed by atoms with E-state index in [9.17, 15) is 0 Å². The summed E-state index contributed by atoms with van der Waals surface area (Å²) in [7, 11) is 0. The number of hydrogen-bond donors (Lipinski definition) is 0. The van der Waals surface area contributed by atoms with Gasteiger partial charge in [-0.1, -0.05) is 249 Å². The average Bonchev–Trinajstić information content (AvgIpc) is 4.11. The minimum Gasteiger partial charge on any atom is -0.456 e. The molecule has 0 fully saturated rings. The summed E-state index contributed by atoms with van der Waals surface area (Å²) in [6.45, 7) is 0. The highest BCUT2D eigenvalue weighted by molar-refractivity contribution is 6.22. The van der Waals surface area contributed by atoms with Crippen LogP contribution in [0.15, 0.2) is 267 Å². The zero-order chi connectivity index (χ0) is 49.7. The lowest BCUT2D eigenvalue weighted by molar-refractivity contribution is 0.438. The molecule has 0 amide bonds. The molecule has 0 unspecified atom stereocenters. The summed E-state index contributed by atoms with van der Waals surface area (Å²) in [5.41, 5.74) is 20.3. The zero-order valence-electron chi connectivity index (χ0n) is 41.2. The third-order valence-corrected chi connectivity index (χ3v) is 17.4. The smallest absolute Gasteiger partial charge is 0.140 e. The molecule has 0 radical (unpaired) electrons. The van der Waals surface area contributed by atoms with Crippen LogP contribution in [-0.4, -0.2) is 0 Å². The van der Waals surface area contributed by atoms with Crippen LogP contribution in [0, 0.1) is 0 Å². The molecule has 4 aliphatic rings. The number of benzene rings is 13. The molecule has 2 aliphatic heterocycles. The molecule has 0 bridgehead atoms. The van der Waals surface area contributed by atoms with Crippen LogP contribution >= 0.6 is 0 Å². The highest BCUT2D eigenvalue weighted by Gasteiger charge is 2.53. The summed E-state index contributed by atoms with van der Waals surface area (Å²) in [6, 6.07) is 98.6. The van der Waals surface area contributed by atoms with E-state index in [-0.39, 0.29) is 0 Å². The summed E-state index contributed by atoms with van der Waals surface area (Å²) in [6.07, 6.45) is 0. The second-order valence-corrected chi connectivity index (χ2v) is 20.8. The van der Waals surface area contributed by atoms with Gasteiger partial charge in [-0.3, -0.25) is 0 Å². The predicted molar refractivity (Wildman–Crippen MR) is 310 cm³/mol. The van der Waals surface area contributed by atoms with Crippen LogP contribution in [-0.2, 0) is 10.8 Å². The number of hydrogen-bond acceptors (Lipinski definition) is 2. The molecule has 13 aromatic rings. The third kappa shape index (κ3) is 5.25. The normalized spacial score (nSPS) is 14.2. The van der Waals surface area contributed by atoms with Gasteiger partial charge >= 0.3 is 0 Å². The fraction of sp³-hybridized carbons (Fsp3) is 0.0270. The summed E-state index contributed by atoms with van der Waals surface area (Å²) in [4.78, 5) is 0. The lowest BCUT2D eigenvalue weighted by Crippen LogP contribution is -2.32. The van der Waals surface area contributed by atoms with E-state index in [1.54, 1.807) is 0 Å². The van der Waals surface area contributed by atoms with E-state index in [1.165, 1.54) is 77.2 Å². The van der Waals surface area contributed by atoms with Crippen molar-refractivity contribution in [1.29, 1.82) is 0 Å². The van der Waals surface area contributed by atoms with Crippen LogP contribution in [0.25, 0.3) is 88.0 Å². The Morgan fingerprint density at radius 2 is 0.526 bits per heavy atom. The second-order valence-electron chi connectivity index (χ2n) is 20.8. The first-order chi connectivity index (χ1) is 37.7. The van der Waals surface area contributed by atoms with Crippen LogP contribution in [0.4, 0.5) is 0 Å². The first-order valence-corrected chi connectivity index (χ1v) is 26.4. The van der Waals surface area contributed by atoms with Gasteiger partial charge in [0, 0.05) is 33.4 Å². The molecule has 13 aromatic carbocycles. The van der Waals surface area contributed by atoms with Crippen molar-refractivity contribution in [2.45, 2.75) is 10.8 Å². The van der Waals surface area contributed by atoms with E-state index in [0.29, 0.717) is 0 Å². The van der Waals surface area contributed by atoms with Gasteiger partial charge in [-0.15, -0.1) is 0 Å². The van der Waals surface area contributed by atoms with Gasteiger partial charge in [0.05, 0.1) is 10.8 Å². The largest absolute Gasteiger partial charge is 0.456 e. The van der Waals surface area contributed by atoms with Gasteiger partial charge in [-0.25, -0.2) is 0 Å². The maximum absolute atomic E-state index is 7.35. The summed E-state index contributed by atoms with van der Waals surface area (Å²) in [5, 5.41) is 7.07. The fourth-order valence-corrected chi connectivity index (χ4v) is 14.6. The minimum atomic E-state index is -0.589. The maximum atomic E-state index is 7.35. The molecule has 17 rings (SSSR count). The molecule has 0 N–H and O–H groups in total. The molecule has 2 aliphatic carbocycles. The van der Waals surface area contributed by atoms with Gasteiger partial charge in [-0.2, -0.15) is 0 Å². The molecule has 0 saturated heterocycles. The fourth-order valence-electron chi connectivity index (χ4n) is 14.6. The van der Waals surface area contributed by atoms with E-state index >= 15 is 0 Å². The summed E-state index contributed by atoms with van der Waals surface area (Å²) < 4.78 is 14.7. The molecule has 2 nitrogen and oxygen atoms in total.